The van der Waals surface area contributed by atoms with Crippen LogP contribution in [0, 0.1) is 0 Å². The van der Waals surface area contributed by atoms with Crippen LogP contribution in [0.25, 0.3) is 0 Å². The molecule has 0 radical (unpaired) electrons. The van der Waals surface area contributed by atoms with E-state index in [0.717, 1.165) is 6.42 Å². The molecule has 2 aliphatic heterocycles. The molecule has 0 saturated carbocycles. The summed E-state index contributed by atoms with van der Waals surface area (Å²) in [5, 5.41) is 9.92. The van der Waals surface area contributed by atoms with Gasteiger partial charge in [0, 0.05) is 6.20 Å². The fourth-order valence-electron chi connectivity index (χ4n) is 2.78. The Bertz CT molecular complexity index is 651. The van der Waals surface area contributed by atoms with E-state index < -0.39 is 23.3 Å². The molecule has 7 nitrogen and oxygen atoms in total. The summed E-state index contributed by atoms with van der Waals surface area (Å²) in [6, 6.07) is -0.0542. The third-order valence-electron chi connectivity index (χ3n) is 3.86. The number of fused-ring (bicyclic) bond motifs is 2. The van der Waals surface area contributed by atoms with E-state index in [0.29, 0.717) is 19.4 Å². The summed E-state index contributed by atoms with van der Waals surface area (Å²) in [5.74, 6) is -1.10. The number of amides is 1. The molecule has 2 atom stereocenters. The lowest BCUT2D eigenvalue weighted by atomic mass is 10.1. The predicted octanol–water partition coefficient (Wildman–Crippen LogP) is -0.0429. The van der Waals surface area contributed by atoms with Crippen molar-refractivity contribution in [2.45, 2.75) is 32.2 Å². The largest absolute Gasteiger partial charge is 0.503 e. The van der Waals surface area contributed by atoms with Gasteiger partial charge in [0.05, 0.1) is 24.8 Å². The van der Waals surface area contributed by atoms with Gasteiger partial charge < -0.3 is 19.3 Å². The number of hydrogen-bond acceptors (Lipinski definition) is 5. The van der Waals surface area contributed by atoms with Crippen molar-refractivity contribution in [3.05, 3.63) is 27.7 Å². The topological polar surface area (TPSA) is 88.8 Å². The Balaban J connectivity index is 2.16. The van der Waals surface area contributed by atoms with Crippen LogP contribution in [-0.2, 0) is 11.3 Å². The van der Waals surface area contributed by atoms with Gasteiger partial charge in [0.2, 0.25) is 5.43 Å². The molecule has 1 N–H and O–H groups in total. The van der Waals surface area contributed by atoms with Crippen molar-refractivity contribution in [3.63, 3.8) is 0 Å². The van der Waals surface area contributed by atoms with Gasteiger partial charge in [-0.2, -0.15) is 0 Å². The minimum Gasteiger partial charge on any atom is -0.503 e. The Labute approximate surface area is 114 Å². The highest BCUT2D eigenvalue weighted by Crippen LogP contribution is 2.30. The number of aromatic nitrogens is 1. The number of nitrogens with zero attached hydrogens (tertiary/aromatic N) is 2. The number of aldehydes is 1. The van der Waals surface area contributed by atoms with E-state index in [9.17, 15) is 19.5 Å². The van der Waals surface area contributed by atoms with Gasteiger partial charge >= 0.3 is 0 Å². The van der Waals surface area contributed by atoms with Crippen LogP contribution < -0.4 is 5.43 Å². The molecule has 1 fully saturated rings. The van der Waals surface area contributed by atoms with Crippen molar-refractivity contribution in [3.8, 4) is 5.75 Å². The van der Waals surface area contributed by atoms with E-state index in [4.69, 9.17) is 4.74 Å². The number of carbonyl (C=O) groups excluding carboxylic acids is 2. The summed E-state index contributed by atoms with van der Waals surface area (Å²) in [4.78, 5) is 36.6. The molecular formula is C13H14N2O5. The number of pyridine rings is 1. The van der Waals surface area contributed by atoms with E-state index in [1.165, 1.54) is 10.8 Å². The molecule has 106 valence electrons. The van der Waals surface area contributed by atoms with Crippen LogP contribution >= 0.6 is 0 Å². The number of rotatable bonds is 2. The van der Waals surface area contributed by atoms with E-state index in [1.807, 2.05) is 6.92 Å². The average Bonchev–Trinajstić information content (AvgIpc) is 2.85. The molecule has 3 heterocycles. The Kier molecular flexibility index (Phi) is 2.86. The Morgan fingerprint density at radius 3 is 2.90 bits per heavy atom. The van der Waals surface area contributed by atoms with Crippen LogP contribution in [0.15, 0.2) is 11.0 Å². The minimum absolute atomic E-state index is 0.0542. The average molecular weight is 278 g/mol. The zero-order valence-electron chi connectivity index (χ0n) is 10.9. The molecule has 1 saturated heterocycles. The zero-order chi connectivity index (χ0) is 14.4. The first-order valence-electron chi connectivity index (χ1n) is 6.44. The van der Waals surface area contributed by atoms with Crippen LogP contribution in [0.4, 0.5) is 0 Å². The van der Waals surface area contributed by atoms with Crippen molar-refractivity contribution >= 4 is 12.2 Å². The summed E-state index contributed by atoms with van der Waals surface area (Å²) < 4.78 is 6.99. The van der Waals surface area contributed by atoms with Gasteiger partial charge in [0.25, 0.3) is 5.91 Å². The molecule has 0 spiro atoms. The lowest BCUT2D eigenvalue weighted by Gasteiger charge is -2.34. The summed E-state index contributed by atoms with van der Waals surface area (Å²) in [6.07, 6.45) is 1.99. The summed E-state index contributed by atoms with van der Waals surface area (Å²) in [5.41, 5.74) is -1.05. The Hall–Kier alpha value is -2.15. The van der Waals surface area contributed by atoms with Crippen molar-refractivity contribution < 1.29 is 19.4 Å². The Morgan fingerprint density at radius 2 is 2.25 bits per heavy atom. The van der Waals surface area contributed by atoms with Crippen molar-refractivity contribution in [2.24, 2.45) is 0 Å². The van der Waals surface area contributed by atoms with Gasteiger partial charge in [-0.1, -0.05) is 6.92 Å². The van der Waals surface area contributed by atoms with E-state index >= 15 is 0 Å². The molecule has 1 amide bonds. The van der Waals surface area contributed by atoms with Crippen molar-refractivity contribution in [2.75, 3.05) is 6.61 Å². The Morgan fingerprint density at radius 1 is 1.50 bits per heavy atom. The quantitative estimate of drug-likeness (QED) is 0.767. The maximum atomic E-state index is 12.5. The van der Waals surface area contributed by atoms with Gasteiger partial charge in [-0.25, -0.2) is 0 Å². The van der Waals surface area contributed by atoms with Crippen LogP contribution in [0.2, 0.25) is 0 Å². The second kappa shape index (κ2) is 4.45. The van der Waals surface area contributed by atoms with Gasteiger partial charge in [-0.3, -0.25) is 14.4 Å². The minimum atomic E-state index is -0.814. The molecular weight excluding hydrogens is 264 g/mol. The first-order chi connectivity index (χ1) is 9.58. The number of ether oxygens (including phenoxy) is 1. The summed E-state index contributed by atoms with van der Waals surface area (Å²) in [7, 11) is 0. The normalized spacial score (nSPS) is 24.4. The van der Waals surface area contributed by atoms with Gasteiger partial charge in [0.15, 0.2) is 24.0 Å². The third kappa shape index (κ3) is 1.59. The van der Waals surface area contributed by atoms with Crippen LogP contribution in [0.3, 0.4) is 0 Å². The first-order valence-corrected chi connectivity index (χ1v) is 6.44. The molecule has 0 bridgehead atoms. The standard InChI is InChI=1S/C13H14N2O5/c1-2-8-6-20-9-4-14-3-7(5-16)11(17)12(18)10(14)13(19)15(8)9/h3,5,8-9,18H,2,4,6H2,1H3. The lowest BCUT2D eigenvalue weighted by Crippen LogP contribution is -2.49. The molecule has 2 unspecified atom stereocenters. The monoisotopic (exact) mass is 278 g/mol. The highest BCUT2D eigenvalue weighted by atomic mass is 16.5. The highest BCUT2D eigenvalue weighted by Gasteiger charge is 2.43. The van der Waals surface area contributed by atoms with E-state index in [2.05, 4.69) is 0 Å². The number of carbonyl (C=O) groups is 2. The van der Waals surface area contributed by atoms with E-state index in [-0.39, 0.29) is 17.3 Å². The number of hydrogen-bond donors (Lipinski definition) is 1. The van der Waals surface area contributed by atoms with Gasteiger partial charge in [0.1, 0.15) is 0 Å². The smallest absolute Gasteiger partial charge is 0.276 e. The van der Waals surface area contributed by atoms with Crippen LogP contribution in [-0.4, -0.2) is 45.6 Å². The third-order valence-corrected chi connectivity index (χ3v) is 3.86. The fourth-order valence-corrected chi connectivity index (χ4v) is 2.78. The molecule has 0 aromatic carbocycles. The second-order valence-corrected chi connectivity index (χ2v) is 4.94. The zero-order valence-corrected chi connectivity index (χ0v) is 10.9. The SMILES string of the molecule is CCC1COC2Cn3cc(C=O)c(=O)c(O)c3C(=O)N12. The molecule has 2 aliphatic rings. The predicted molar refractivity (Wildman–Crippen MR) is 67.7 cm³/mol. The molecule has 1 aromatic rings. The summed E-state index contributed by atoms with van der Waals surface area (Å²) >= 11 is 0. The van der Waals surface area contributed by atoms with E-state index in [1.54, 1.807) is 4.90 Å². The van der Waals surface area contributed by atoms with Gasteiger partial charge in [-0.05, 0) is 6.42 Å². The fraction of sp³-hybridized carbons (Fsp3) is 0.462. The summed E-state index contributed by atoms with van der Waals surface area (Å²) in [6.45, 7) is 2.68. The molecule has 3 rings (SSSR count). The highest BCUT2D eigenvalue weighted by molar-refractivity contribution is 5.97. The maximum absolute atomic E-state index is 12.5. The maximum Gasteiger partial charge on any atom is 0.276 e. The van der Waals surface area contributed by atoms with Crippen LogP contribution in [0.1, 0.15) is 34.2 Å². The lowest BCUT2D eigenvalue weighted by molar-refractivity contribution is 0.00567. The van der Waals surface area contributed by atoms with Crippen molar-refractivity contribution in [1.82, 2.24) is 9.47 Å². The molecule has 7 heteroatoms. The second-order valence-electron chi connectivity index (χ2n) is 4.94. The van der Waals surface area contributed by atoms with Crippen LogP contribution in [0.5, 0.6) is 5.75 Å². The molecule has 1 aromatic heterocycles. The van der Waals surface area contributed by atoms with Gasteiger partial charge in [-0.15, -0.1) is 0 Å². The number of aromatic hydroxyl groups is 1. The molecule has 0 aliphatic carbocycles. The first kappa shape index (κ1) is 12.9. The molecule has 20 heavy (non-hydrogen) atoms. The van der Waals surface area contributed by atoms with Crippen molar-refractivity contribution in [1.29, 1.82) is 0 Å².